The molecule has 1 N–H and O–H groups in total. The van der Waals surface area contributed by atoms with Gasteiger partial charge in [-0.05, 0) is 38.0 Å². The summed E-state index contributed by atoms with van der Waals surface area (Å²) in [5.74, 6) is 0.202. The fourth-order valence-electron chi connectivity index (χ4n) is 3.84. The molecule has 152 valence electrons. The van der Waals surface area contributed by atoms with Crippen LogP contribution in [0.25, 0.3) is 0 Å². The quantitative estimate of drug-likeness (QED) is 0.562. The van der Waals surface area contributed by atoms with Gasteiger partial charge in [-0.1, -0.05) is 33.6 Å². The predicted octanol–water partition coefficient (Wildman–Crippen LogP) is 3.67. The monoisotopic (exact) mass is 372 g/mol. The van der Waals surface area contributed by atoms with Crippen LogP contribution in [-0.2, 0) is 14.3 Å². The van der Waals surface area contributed by atoms with Crippen molar-refractivity contribution in [3.8, 4) is 0 Å². The molecule has 0 aromatic carbocycles. The number of carbonyl (C=O) groups is 2. The molecule has 0 aromatic rings. The number of likely N-dealkylation sites (tertiary alicyclic amines) is 1. The van der Waals surface area contributed by atoms with Gasteiger partial charge >= 0.3 is 5.97 Å². The molecule has 1 heterocycles. The molecule has 0 bridgehead atoms. The summed E-state index contributed by atoms with van der Waals surface area (Å²) in [7, 11) is 0. The number of nitrogens with one attached hydrogen (secondary N) is 1. The van der Waals surface area contributed by atoms with Crippen molar-refractivity contribution in [3.05, 3.63) is 0 Å². The van der Waals surface area contributed by atoms with Crippen LogP contribution in [0.2, 0.25) is 0 Å². The molecular formula is C20H37FN2O3. The first-order chi connectivity index (χ1) is 12.3. The number of amides is 1. The van der Waals surface area contributed by atoms with Crippen molar-refractivity contribution in [2.75, 3.05) is 13.1 Å². The number of hydrogen-bond donors (Lipinski definition) is 1. The van der Waals surface area contributed by atoms with Crippen LogP contribution in [0.15, 0.2) is 0 Å². The summed E-state index contributed by atoms with van der Waals surface area (Å²) in [5.41, 5.74) is 0. The summed E-state index contributed by atoms with van der Waals surface area (Å²) in [4.78, 5) is 26.1. The van der Waals surface area contributed by atoms with Crippen LogP contribution < -0.4 is 5.32 Å². The number of halogens is 1. The van der Waals surface area contributed by atoms with Gasteiger partial charge in [0, 0.05) is 32.5 Å². The highest BCUT2D eigenvalue weighted by atomic mass is 19.1. The van der Waals surface area contributed by atoms with Crippen molar-refractivity contribution in [3.63, 3.8) is 0 Å². The van der Waals surface area contributed by atoms with E-state index in [0.717, 1.165) is 38.8 Å². The summed E-state index contributed by atoms with van der Waals surface area (Å²) < 4.78 is 18.8. The van der Waals surface area contributed by atoms with Gasteiger partial charge in [0.2, 0.25) is 12.3 Å². The van der Waals surface area contributed by atoms with Crippen LogP contribution in [0.4, 0.5) is 4.39 Å². The van der Waals surface area contributed by atoms with Crippen LogP contribution >= 0.6 is 0 Å². The minimum absolute atomic E-state index is 0.0396. The van der Waals surface area contributed by atoms with Crippen molar-refractivity contribution in [1.82, 2.24) is 10.2 Å². The first kappa shape index (κ1) is 22.9. The molecule has 1 saturated heterocycles. The molecule has 26 heavy (non-hydrogen) atoms. The molecule has 5 nitrogen and oxygen atoms in total. The molecule has 0 aliphatic carbocycles. The van der Waals surface area contributed by atoms with Crippen molar-refractivity contribution < 1.29 is 18.7 Å². The number of ether oxygens (including phenoxy) is 1. The van der Waals surface area contributed by atoms with Gasteiger partial charge in [0.15, 0.2) is 0 Å². The van der Waals surface area contributed by atoms with Crippen molar-refractivity contribution in [2.45, 2.75) is 91.6 Å². The number of hydrogen-bond acceptors (Lipinski definition) is 4. The van der Waals surface area contributed by atoms with E-state index in [1.54, 1.807) is 0 Å². The van der Waals surface area contributed by atoms with E-state index in [9.17, 15) is 14.0 Å². The van der Waals surface area contributed by atoms with E-state index in [1.165, 1.54) is 6.92 Å². The Balaban J connectivity index is 2.79. The van der Waals surface area contributed by atoms with Gasteiger partial charge in [-0.2, -0.15) is 0 Å². The van der Waals surface area contributed by atoms with Crippen molar-refractivity contribution >= 4 is 11.9 Å². The summed E-state index contributed by atoms with van der Waals surface area (Å²) >= 11 is 0. The average Bonchev–Trinajstić information content (AvgIpc) is 2.97. The van der Waals surface area contributed by atoms with Gasteiger partial charge in [-0.3, -0.25) is 14.5 Å². The molecule has 1 aliphatic rings. The lowest BCUT2D eigenvalue weighted by molar-refractivity contribution is -0.164. The molecule has 5 atom stereocenters. The minimum atomic E-state index is -1.51. The normalized spacial score (nSPS) is 24.1. The van der Waals surface area contributed by atoms with Gasteiger partial charge in [-0.15, -0.1) is 0 Å². The van der Waals surface area contributed by atoms with Crippen molar-refractivity contribution in [1.29, 1.82) is 0 Å². The summed E-state index contributed by atoms with van der Waals surface area (Å²) in [6, 6.07) is -0.335. The molecule has 1 amide bonds. The molecule has 3 unspecified atom stereocenters. The lowest BCUT2D eigenvalue weighted by Gasteiger charge is -2.31. The van der Waals surface area contributed by atoms with E-state index in [-0.39, 0.29) is 30.3 Å². The smallest absolute Gasteiger partial charge is 0.325 e. The van der Waals surface area contributed by atoms with E-state index in [1.807, 2.05) is 13.8 Å². The van der Waals surface area contributed by atoms with Gasteiger partial charge in [-0.25, -0.2) is 4.39 Å². The SMILES string of the molecule is CCCC(F)OC(=O)[C@H]1C[C@H](CC)CN1CC(CCC)C(C)NC(C)=O. The zero-order valence-electron chi connectivity index (χ0n) is 17.1. The lowest BCUT2D eigenvalue weighted by Crippen LogP contribution is -2.46. The Kier molecular flexibility index (Phi) is 10.1. The summed E-state index contributed by atoms with van der Waals surface area (Å²) in [6.45, 7) is 11.2. The second kappa shape index (κ2) is 11.5. The number of nitrogens with zero attached hydrogens (tertiary/aromatic N) is 1. The maximum absolute atomic E-state index is 13.8. The number of alkyl halides is 1. The van der Waals surface area contributed by atoms with Crippen LogP contribution in [0.3, 0.4) is 0 Å². The Morgan fingerprint density at radius 2 is 1.88 bits per heavy atom. The zero-order valence-corrected chi connectivity index (χ0v) is 17.1. The van der Waals surface area contributed by atoms with Crippen LogP contribution in [0.5, 0.6) is 0 Å². The first-order valence-electron chi connectivity index (χ1n) is 10.2. The van der Waals surface area contributed by atoms with Gasteiger partial charge in [0.1, 0.15) is 6.04 Å². The molecule has 6 heteroatoms. The summed E-state index contributed by atoms with van der Waals surface area (Å²) in [6.07, 6.45) is 3.08. The molecule has 0 radical (unpaired) electrons. The van der Waals surface area contributed by atoms with Crippen molar-refractivity contribution in [2.24, 2.45) is 11.8 Å². The fourth-order valence-corrected chi connectivity index (χ4v) is 3.84. The third-order valence-corrected chi connectivity index (χ3v) is 5.37. The highest BCUT2D eigenvalue weighted by molar-refractivity contribution is 5.76. The maximum Gasteiger partial charge on any atom is 0.325 e. The first-order valence-corrected chi connectivity index (χ1v) is 10.2. The number of carbonyl (C=O) groups excluding carboxylic acids is 2. The van der Waals surface area contributed by atoms with Gasteiger partial charge in [0.05, 0.1) is 0 Å². The molecule has 1 rings (SSSR count). The fraction of sp³-hybridized carbons (Fsp3) is 0.900. The van der Waals surface area contributed by atoms with E-state index >= 15 is 0 Å². The molecule has 0 saturated carbocycles. The third-order valence-electron chi connectivity index (χ3n) is 5.37. The van der Waals surface area contributed by atoms with Crippen LogP contribution in [0.1, 0.15) is 73.1 Å². The summed E-state index contributed by atoms with van der Waals surface area (Å²) in [5, 5.41) is 2.98. The Labute approximate surface area is 158 Å². The minimum Gasteiger partial charge on any atom is -0.430 e. The maximum atomic E-state index is 13.8. The van der Waals surface area contributed by atoms with E-state index in [4.69, 9.17) is 4.74 Å². The Bertz CT molecular complexity index is 447. The lowest BCUT2D eigenvalue weighted by atomic mass is 9.95. The van der Waals surface area contributed by atoms with E-state index < -0.39 is 12.3 Å². The van der Waals surface area contributed by atoms with E-state index in [2.05, 4.69) is 24.1 Å². The number of rotatable bonds is 11. The predicted molar refractivity (Wildman–Crippen MR) is 101 cm³/mol. The second-order valence-corrected chi connectivity index (χ2v) is 7.65. The molecular weight excluding hydrogens is 335 g/mol. The topological polar surface area (TPSA) is 58.6 Å². The Hall–Kier alpha value is -1.17. The van der Waals surface area contributed by atoms with E-state index in [0.29, 0.717) is 12.3 Å². The highest BCUT2D eigenvalue weighted by Crippen LogP contribution is 2.29. The molecule has 1 fully saturated rings. The second-order valence-electron chi connectivity index (χ2n) is 7.65. The third kappa shape index (κ3) is 7.22. The average molecular weight is 373 g/mol. The van der Waals surface area contributed by atoms with Crippen LogP contribution in [0, 0.1) is 11.8 Å². The molecule has 0 spiro atoms. The highest BCUT2D eigenvalue weighted by Gasteiger charge is 2.39. The molecule has 0 aromatic heterocycles. The largest absolute Gasteiger partial charge is 0.430 e. The number of esters is 1. The van der Waals surface area contributed by atoms with Gasteiger partial charge < -0.3 is 10.1 Å². The van der Waals surface area contributed by atoms with Crippen LogP contribution in [-0.4, -0.2) is 48.3 Å². The Morgan fingerprint density at radius 1 is 1.23 bits per heavy atom. The zero-order chi connectivity index (χ0) is 19.7. The Morgan fingerprint density at radius 3 is 2.42 bits per heavy atom. The molecule has 1 aliphatic heterocycles. The van der Waals surface area contributed by atoms with Gasteiger partial charge in [0.25, 0.3) is 0 Å². The standard InChI is InChI=1S/C20H37FN2O3/c1-6-9-17(14(4)22-15(5)24)13-23-12-16(8-3)11-18(23)20(25)26-19(21)10-7-2/h14,16-19H,6-13H2,1-5H3,(H,22,24)/t14?,16-,17?,18+,19?/m0/s1.